The van der Waals surface area contributed by atoms with Crippen LogP contribution in [-0.2, 0) is 4.79 Å². The Balaban J connectivity index is 1.63. The van der Waals surface area contributed by atoms with E-state index in [1.54, 1.807) is 0 Å². The third-order valence-corrected chi connectivity index (χ3v) is 6.44. The van der Waals surface area contributed by atoms with Gasteiger partial charge in [-0.25, -0.2) is 0 Å². The highest BCUT2D eigenvalue weighted by molar-refractivity contribution is 7.18. The summed E-state index contributed by atoms with van der Waals surface area (Å²) in [7, 11) is 0. The molecule has 114 valence electrons. The molecule has 4 bridgehead atoms. The lowest BCUT2D eigenvalue weighted by Crippen LogP contribution is -2.58. The second-order valence-electron chi connectivity index (χ2n) is 8.31. The molecule has 2 atom stereocenters. The maximum atomic E-state index is 12.9. The monoisotopic (exact) mass is 306 g/mol. The molecule has 0 spiro atoms. The SMILES string of the molecule is CC12CC3CC(C)(C1)CC(C(=O)Nc1nnc(N)s1)(C3)C2. The van der Waals surface area contributed by atoms with Crippen LogP contribution in [0.5, 0.6) is 0 Å². The summed E-state index contributed by atoms with van der Waals surface area (Å²) >= 11 is 1.24. The van der Waals surface area contributed by atoms with Gasteiger partial charge in [0, 0.05) is 0 Å². The van der Waals surface area contributed by atoms with Crippen molar-refractivity contribution in [3.63, 3.8) is 0 Å². The second kappa shape index (κ2) is 3.97. The van der Waals surface area contributed by atoms with Crippen LogP contribution in [0.1, 0.15) is 52.4 Å². The van der Waals surface area contributed by atoms with E-state index in [4.69, 9.17) is 5.73 Å². The highest BCUT2D eigenvalue weighted by atomic mass is 32.1. The van der Waals surface area contributed by atoms with Crippen LogP contribution < -0.4 is 11.1 Å². The Kier molecular flexibility index (Phi) is 2.55. The Morgan fingerprint density at radius 2 is 1.86 bits per heavy atom. The summed E-state index contributed by atoms with van der Waals surface area (Å²) in [6.45, 7) is 4.75. The van der Waals surface area contributed by atoms with E-state index in [-0.39, 0.29) is 11.3 Å². The molecule has 4 aliphatic carbocycles. The number of hydrogen-bond acceptors (Lipinski definition) is 5. The van der Waals surface area contributed by atoms with Gasteiger partial charge in [0.1, 0.15) is 0 Å². The standard InChI is InChI=1S/C15H22N4OS/c1-13-3-9-4-14(2,6-13)8-15(5-9,7-13)10(20)17-12-19-18-11(16)21-12/h9H,3-8H2,1-2H3,(H2,16,18)(H,17,19,20). The van der Waals surface area contributed by atoms with Crippen LogP contribution in [-0.4, -0.2) is 16.1 Å². The van der Waals surface area contributed by atoms with Gasteiger partial charge in [0.25, 0.3) is 0 Å². The molecule has 3 N–H and O–H groups in total. The third kappa shape index (κ3) is 2.06. The number of carbonyl (C=O) groups is 1. The van der Waals surface area contributed by atoms with Crippen LogP contribution in [0.4, 0.5) is 10.3 Å². The van der Waals surface area contributed by atoms with Crippen LogP contribution in [0.25, 0.3) is 0 Å². The molecule has 1 aromatic heterocycles. The first-order valence-corrected chi connectivity index (χ1v) is 8.52. The van der Waals surface area contributed by atoms with Gasteiger partial charge in [0.05, 0.1) is 5.41 Å². The van der Waals surface area contributed by atoms with Crippen LogP contribution in [0.3, 0.4) is 0 Å². The molecule has 5 nitrogen and oxygen atoms in total. The Labute approximate surface area is 128 Å². The van der Waals surface area contributed by atoms with Crippen molar-refractivity contribution in [2.45, 2.75) is 52.4 Å². The van der Waals surface area contributed by atoms with Gasteiger partial charge in [-0.05, 0) is 55.3 Å². The zero-order valence-corrected chi connectivity index (χ0v) is 13.4. The van der Waals surface area contributed by atoms with Crippen LogP contribution in [0.2, 0.25) is 0 Å². The smallest absolute Gasteiger partial charge is 0.232 e. The molecule has 0 saturated heterocycles. The Bertz CT molecular complexity index is 595. The molecular formula is C15H22N4OS. The van der Waals surface area contributed by atoms with Gasteiger partial charge < -0.3 is 5.73 Å². The van der Waals surface area contributed by atoms with E-state index in [1.165, 1.54) is 30.6 Å². The highest BCUT2D eigenvalue weighted by Gasteiger charge is 2.62. The molecule has 1 aromatic rings. The zero-order chi connectivity index (χ0) is 14.9. The van der Waals surface area contributed by atoms with Crippen molar-refractivity contribution in [2.75, 3.05) is 11.1 Å². The largest absolute Gasteiger partial charge is 0.374 e. The quantitative estimate of drug-likeness (QED) is 0.880. The molecule has 0 aromatic carbocycles. The number of nitrogens with zero attached hydrogens (tertiary/aromatic N) is 2. The summed E-state index contributed by atoms with van der Waals surface area (Å²) in [5.74, 6) is 0.849. The van der Waals surface area contributed by atoms with E-state index in [1.807, 2.05) is 0 Å². The fraction of sp³-hybridized carbons (Fsp3) is 0.800. The van der Waals surface area contributed by atoms with Crippen molar-refractivity contribution < 1.29 is 4.79 Å². The number of nitrogens with one attached hydrogen (secondary N) is 1. The number of carbonyl (C=O) groups excluding carboxylic acids is 1. The van der Waals surface area contributed by atoms with Crippen LogP contribution in [0.15, 0.2) is 0 Å². The molecule has 4 saturated carbocycles. The third-order valence-electron chi connectivity index (χ3n) is 5.77. The van der Waals surface area contributed by atoms with Gasteiger partial charge in [0.15, 0.2) is 0 Å². The summed E-state index contributed by atoms with van der Waals surface area (Å²) in [4.78, 5) is 12.9. The summed E-state index contributed by atoms with van der Waals surface area (Å²) < 4.78 is 0. The molecule has 1 heterocycles. The molecule has 0 aliphatic heterocycles. The maximum Gasteiger partial charge on any atom is 0.232 e. The molecule has 4 aliphatic rings. The summed E-state index contributed by atoms with van der Waals surface area (Å²) in [5.41, 5.74) is 6.07. The van der Waals surface area contributed by atoms with E-state index in [0.29, 0.717) is 27.0 Å². The Morgan fingerprint density at radius 1 is 1.19 bits per heavy atom. The normalized spacial score (nSPS) is 44.0. The van der Waals surface area contributed by atoms with Crippen LogP contribution in [0, 0.1) is 22.2 Å². The average Bonchev–Trinajstić information content (AvgIpc) is 2.69. The number of anilines is 2. The fourth-order valence-corrected chi connectivity index (χ4v) is 6.72. The van der Waals surface area contributed by atoms with E-state index in [9.17, 15) is 4.79 Å². The van der Waals surface area contributed by atoms with Crippen LogP contribution >= 0.6 is 11.3 Å². The van der Waals surface area contributed by atoms with Gasteiger partial charge in [-0.3, -0.25) is 10.1 Å². The molecule has 6 heteroatoms. The minimum atomic E-state index is -0.205. The first-order valence-electron chi connectivity index (χ1n) is 7.70. The Morgan fingerprint density at radius 3 is 2.38 bits per heavy atom. The predicted molar refractivity (Wildman–Crippen MR) is 82.8 cm³/mol. The van der Waals surface area contributed by atoms with Gasteiger partial charge in [0.2, 0.25) is 16.2 Å². The lowest BCUT2D eigenvalue weighted by atomic mass is 9.40. The number of nitrogen functional groups attached to an aromatic ring is 1. The molecule has 5 rings (SSSR count). The van der Waals surface area contributed by atoms with Gasteiger partial charge in [-0.1, -0.05) is 25.2 Å². The summed E-state index contributed by atoms with van der Waals surface area (Å²) in [5, 5.41) is 11.6. The van der Waals surface area contributed by atoms with Gasteiger partial charge in [-0.2, -0.15) is 0 Å². The molecular weight excluding hydrogens is 284 g/mol. The first-order chi connectivity index (χ1) is 9.80. The first kappa shape index (κ1) is 13.5. The number of hydrogen-bond donors (Lipinski definition) is 2. The van der Waals surface area contributed by atoms with E-state index in [2.05, 4.69) is 29.4 Å². The fourth-order valence-electron chi connectivity index (χ4n) is 6.22. The molecule has 1 amide bonds. The number of nitrogens with two attached hydrogens (primary N) is 1. The topological polar surface area (TPSA) is 80.9 Å². The van der Waals surface area contributed by atoms with Gasteiger partial charge in [-0.15, -0.1) is 10.2 Å². The maximum absolute atomic E-state index is 12.9. The van der Waals surface area contributed by atoms with Crippen molar-refractivity contribution >= 4 is 27.5 Å². The predicted octanol–water partition coefficient (Wildman–Crippen LogP) is 3.06. The number of aromatic nitrogens is 2. The molecule has 0 radical (unpaired) electrons. The van der Waals surface area contributed by atoms with E-state index >= 15 is 0 Å². The van der Waals surface area contributed by atoms with Crippen molar-refractivity contribution in [3.05, 3.63) is 0 Å². The van der Waals surface area contributed by atoms with E-state index < -0.39 is 0 Å². The van der Waals surface area contributed by atoms with Crippen molar-refractivity contribution in [1.29, 1.82) is 0 Å². The summed E-state index contributed by atoms with van der Waals surface area (Å²) in [6, 6.07) is 0. The lowest BCUT2D eigenvalue weighted by Gasteiger charge is -2.64. The molecule has 4 fully saturated rings. The van der Waals surface area contributed by atoms with Gasteiger partial charge >= 0.3 is 0 Å². The average molecular weight is 306 g/mol. The Hall–Kier alpha value is -1.17. The summed E-state index contributed by atoms with van der Waals surface area (Å²) in [6.07, 6.45) is 6.95. The van der Waals surface area contributed by atoms with Crippen molar-refractivity contribution in [1.82, 2.24) is 10.2 Å². The zero-order valence-electron chi connectivity index (χ0n) is 12.6. The number of rotatable bonds is 2. The highest BCUT2D eigenvalue weighted by Crippen LogP contribution is 2.69. The second-order valence-corrected chi connectivity index (χ2v) is 9.32. The van der Waals surface area contributed by atoms with E-state index in [0.717, 1.165) is 19.3 Å². The minimum absolute atomic E-state index is 0.139. The molecule has 2 unspecified atom stereocenters. The van der Waals surface area contributed by atoms with Crippen molar-refractivity contribution in [2.24, 2.45) is 22.2 Å². The minimum Gasteiger partial charge on any atom is -0.374 e. The van der Waals surface area contributed by atoms with Crippen molar-refractivity contribution in [3.8, 4) is 0 Å². The lowest BCUT2D eigenvalue weighted by molar-refractivity contribution is -0.165. The number of amides is 1. The molecule has 21 heavy (non-hydrogen) atoms.